The Hall–Kier alpha value is -1.95. The lowest BCUT2D eigenvalue weighted by atomic mass is 10.1. The van der Waals surface area contributed by atoms with Crippen LogP contribution in [0, 0.1) is 6.92 Å². The van der Waals surface area contributed by atoms with Crippen LogP contribution in [0.3, 0.4) is 0 Å². The second-order valence-corrected chi connectivity index (χ2v) is 4.20. The maximum absolute atomic E-state index is 12.0. The van der Waals surface area contributed by atoms with Crippen molar-refractivity contribution in [3.05, 3.63) is 29.1 Å². The van der Waals surface area contributed by atoms with Crippen LogP contribution in [-0.2, 0) is 4.74 Å². The molecule has 1 N–H and O–H groups in total. The number of pyridine rings is 1. The van der Waals surface area contributed by atoms with E-state index in [9.17, 15) is 9.59 Å². The molecule has 1 amide bonds. The van der Waals surface area contributed by atoms with E-state index in [4.69, 9.17) is 9.84 Å². The molecule has 0 radical (unpaired) electrons. The first kappa shape index (κ1) is 12.5. The number of likely N-dealkylation sites (tertiary alicyclic amines) is 1. The summed E-state index contributed by atoms with van der Waals surface area (Å²) in [6, 6.07) is 2.85. The summed E-state index contributed by atoms with van der Waals surface area (Å²) in [7, 11) is 1.61. The number of carbonyl (C=O) groups excluding carboxylic acids is 1. The second-order valence-electron chi connectivity index (χ2n) is 4.20. The molecule has 18 heavy (non-hydrogen) atoms. The van der Waals surface area contributed by atoms with Crippen LogP contribution in [0.1, 0.15) is 26.5 Å². The van der Waals surface area contributed by atoms with Gasteiger partial charge in [-0.1, -0.05) is 0 Å². The molecule has 1 aliphatic heterocycles. The highest BCUT2D eigenvalue weighted by molar-refractivity contribution is 5.94. The Morgan fingerprint density at radius 1 is 1.44 bits per heavy atom. The number of carboxylic acid groups (broad SMARTS) is 1. The van der Waals surface area contributed by atoms with Crippen LogP contribution in [0.2, 0.25) is 0 Å². The highest BCUT2D eigenvalue weighted by Crippen LogP contribution is 2.15. The minimum absolute atomic E-state index is 0.0911. The van der Waals surface area contributed by atoms with Crippen LogP contribution in [0.5, 0.6) is 0 Å². The maximum Gasteiger partial charge on any atom is 0.337 e. The summed E-state index contributed by atoms with van der Waals surface area (Å²) in [6.45, 7) is 2.68. The SMILES string of the molecule is COC1CN(C(=O)c2ccc(C(=O)O)c(C)n2)C1. The van der Waals surface area contributed by atoms with E-state index in [1.807, 2.05) is 0 Å². The zero-order valence-electron chi connectivity index (χ0n) is 10.2. The van der Waals surface area contributed by atoms with Crippen molar-refractivity contribution in [1.82, 2.24) is 9.88 Å². The van der Waals surface area contributed by atoms with Crippen molar-refractivity contribution in [1.29, 1.82) is 0 Å². The molecule has 1 aliphatic rings. The number of aromatic nitrogens is 1. The standard InChI is InChI=1S/C12H14N2O4/c1-7-9(12(16)17)3-4-10(13-7)11(15)14-5-8(6-14)18-2/h3-4,8H,5-6H2,1-2H3,(H,16,17). The van der Waals surface area contributed by atoms with E-state index in [2.05, 4.69) is 4.98 Å². The van der Waals surface area contributed by atoms with Gasteiger partial charge in [-0.25, -0.2) is 9.78 Å². The molecule has 6 heteroatoms. The predicted octanol–water partition coefficient (Wildman–Crippen LogP) is 0.559. The van der Waals surface area contributed by atoms with Crippen LogP contribution >= 0.6 is 0 Å². The van der Waals surface area contributed by atoms with Gasteiger partial charge in [0.25, 0.3) is 5.91 Å². The highest BCUT2D eigenvalue weighted by Gasteiger charge is 2.31. The summed E-state index contributed by atoms with van der Waals surface area (Å²) >= 11 is 0. The third kappa shape index (κ3) is 2.19. The lowest BCUT2D eigenvalue weighted by Gasteiger charge is -2.37. The molecule has 0 unspecified atom stereocenters. The average molecular weight is 250 g/mol. The van der Waals surface area contributed by atoms with Gasteiger partial charge in [-0.15, -0.1) is 0 Å². The molecule has 0 bridgehead atoms. The normalized spacial score (nSPS) is 15.3. The van der Waals surface area contributed by atoms with Crippen LogP contribution in [0.4, 0.5) is 0 Å². The third-order valence-electron chi connectivity index (χ3n) is 3.00. The fraction of sp³-hybridized carbons (Fsp3) is 0.417. The van der Waals surface area contributed by atoms with E-state index in [0.717, 1.165) is 0 Å². The van der Waals surface area contributed by atoms with Gasteiger partial charge in [0, 0.05) is 20.2 Å². The zero-order chi connectivity index (χ0) is 13.3. The Morgan fingerprint density at radius 3 is 2.61 bits per heavy atom. The molecular weight excluding hydrogens is 236 g/mol. The first-order valence-electron chi connectivity index (χ1n) is 5.56. The van der Waals surface area contributed by atoms with Crippen LogP contribution in [0.15, 0.2) is 12.1 Å². The fourth-order valence-electron chi connectivity index (χ4n) is 1.82. The summed E-state index contributed by atoms with van der Waals surface area (Å²) in [5, 5.41) is 8.88. The van der Waals surface area contributed by atoms with Crippen molar-refractivity contribution in [3.8, 4) is 0 Å². The van der Waals surface area contributed by atoms with Gasteiger partial charge in [-0.05, 0) is 19.1 Å². The molecule has 1 saturated heterocycles. The van der Waals surface area contributed by atoms with Gasteiger partial charge in [-0.2, -0.15) is 0 Å². The summed E-state index contributed by atoms with van der Waals surface area (Å²) in [5.41, 5.74) is 0.731. The molecule has 0 aliphatic carbocycles. The van der Waals surface area contributed by atoms with Gasteiger partial charge in [0.15, 0.2) is 0 Å². The van der Waals surface area contributed by atoms with E-state index < -0.39 is 5.97 Å². The van der Waals surface area contributed by atoms with Crippen LogP contribution in [-0.4, -0.2) is 53.2 Å². The molecular formula is C12H14N2O4. The molecule has 0 spiro atoms. The van der Waals surface area contributed by atoms with Gasteiger partial charge in [0.1, 0.15) is 5.69 Å². The van der Waals surface area contributed by atoms with Gasteiger partial charge in [0.2, 0.25) is 0 Å². The number of methoxy groups -OCH3 is 1. The number of nitrogens with zero attached hydrogens (tertiary/aromatic N) is 2. The minimum atomic E-state index is -1.04. The Bertz CT molecular complexity index is 495. The van der Waals surface area contributed by atoms with Gasteiger partial charge >= 0.3 is 5.97 Å². The van der Waals surface area contributed by atoms with Gasteiger partial charge in [-0.3, -0.25) is 4.79 Å². The van der Waals surface area contributed by atoms with E-state index in [0.29, 0.717) is 18.8 Å². The molecule has 6 nitrogen and oxygen atoms in total. The molecule has 0 atom stereocenters. The molecule has 2 heterocycles. The number of hydrogen-bond acceptors (Lipinski definition) is 4. The topological polar surface area (TPSA) is 79.7 Å². The summed E-state index contributed by atoms with van der Waals surface area (Å²) in [4.78, 5) is 28.5. The van der Waals surface area contributed by atoms with E-state index in [1.54, 1.807) is 18.9 Å². The summed E-state index contributed by atoms with van der Waals surface area (Å²) < 4.78 is 5.08. The summed E-state index contributed by atoms with van der Waals surface area (Å²) in [6.07, 6.45) is 0.0911. The quantitative estimate of drug-likeness (QED) is 0.847. The molecule has 1 fully saturated rings. The number of hydrogen-bond donors (Lipinski definition) is 1. The Labute approximate surface area is 104 Å². The lowest BCUT2D eigenvalue weighted by molar-refractivity contribution is -0.0194. The van der Waals surface area contributed by atoms with E-state index in [1.165, 1.54) is 12.1 Å². The molecule has 0 saturated carbocycles. The average Bonchev–Trinajstić information content (AvgIpc) is 2.26. The monoisotopic (exact) mass is 250 g/mol. The van der Waals surface area contributed by atoms with Crippen LogP contribution < -0.4 is 0 Å². The molecule has 96 valence electrons. The maximum atomic E-state index is 12.0. The van der Waals surface area contributed by atoms with Crippen molar-refractivity contribution in [2.45, 2.75) is 13.0 Å². The Morgan fingerprint density at radius 2 is 2.11 bits per heavy atom. The second kappa shape index (κ2) is 4.73. The van der Waals surface area contributed by atoms with Crippen molar-refractivity contribution >= 4 is 11.9 Å². The van der Waals surface area contributed by atoms with Crippen molar-refractivity contribution in [2.75, 3.05) is 20.2 Å². The molecule has 1 aromatic rings. The fourth-order valence-corrected chi connectivity index (χ4v) is 1.82. The van der Waals surface area contributed by atoms with Crippen molar-refractivity contribution < 1.29 is 19.4 Å². The summed E-state index contributed by atoms with van der Waals surface area (Å²) in [5.74, 6) is -1.23. The molecule has 0 aromatic carbocycles. The number of aryl methyl sites for hydroxylation is 1. The Balaban J connectivity index is 2.13. The lowest BCUT2D eigenvalue weighted by Crippen LogP contribution is -2.54. The number of amides is 1. The molecule has 2 rings (SSSR count). The predicted molar refractivity (Wildman–Crippen MR) is 62.6 cm³/mol. The van der Waals surface area contributed by atoms with Crippen LogP contribution in [0.25, 0.3) is 0 Å². The molecule has 1 aromatic heterocycles. The highest BCUT2D eigenvalue weighted by atomic mass is 16.5. The Kier molecular flexibility index (Phi) is 3.29. The number of carbonyl (C=O) groups is 2. The van der Waals surface area contributed by atoms with Gasteiger partial charge in [0.05, 0.1) is 17.4 Å². The largest absolute Gasteiger partial charge is 0.478 e. The van der Waals surface area contributed by atoms with E-state index >= 15 is 0 Å². The van der Waals surface area contributed by atoms with Gasteiger partial charge < -0.3 is 14.7 Å². The minimum Gasteiger partial charge on any atom is -0.478 e. The number of aromatic carboxylic acids is 1. The number of ether oxygens (including phenoxy) is 1. The number of carboxylic acids is 1. The van der Waals surface area contributed by atoms with Crippen molar-refractivity contribution in [2.24, 2.45) is 0 Å². The smallest absolute Gasteiger partial charge is 0.337 e. The number of rotatable bonds is 3. The third-order valence-corrected chi connectivity index (χ3v) is 3.00. The first-order valence-corrected chi connectivity index (χ1v) is 5.56. The first-order chi connectivity index (χ1) is 8.52. The zero-order valence-corrected chi connectivity index (χ0v) is 10.2. The van der Waals surface area contributed by atoms with Crippen molar-refractivity contribution in [3.63, 3.8) is 0 Å². The van der Waals surface area contributed by atoms with E-state index in [-0.39, 0.29) is 23.3 Å².